The molecule has 134 valence electrons. The molecule has 1 aromatic carbocycles. The number of nitrogens with two attached hydrogens (primary N) is 1. The van der Waals surface area contributed by atoms with Crippen LogP contribution in [-0.2, 0) is 16.0 Å². The first kappa shape index (κ1) is 19.2. The van der Waals surface area contributed by atoms with Gasteiger partial charge in [-0.2, -0.15) is 0 Å². The highest BCUT2D eigenvalue weighted by Crippen LogP contribution is 2.47. The highest BCUT2D eigenvalue weighted by molar-refractivity contribution is 5.85. The lowest BCUT2D eigenvalue weighted by Crippen LogP contribution is -2.45. The maximum atomic E-state index is 12.3. The molecule has 0 saturated heterocycles. The van der Waals surface area contributed by atoms with Gasteiger partial charge in [-0.15, -0.1) is 12.4 Å². The first-order valence-electron chi connectivity index (χ1n) is 8.90. The highest BCUT2D eigenvalue weighted by Gasteiger charge is 2.48. The number of hydrogen-bond donors (Lipinski definition) is 2. The normalized spacial score (nSPS) is 27.7. The van der Waals surface area contributed by atoms with Gasteiger partial charge in [0.2, 0.25) is 5.91 Å². The zero-order valence-corrected chi connectivity index (χ0v) is 15.0. The summed E-state index contributed by atoms with van der Waals surface area (Å²) in [5.74, 6) is 1.32. The number of halogens is 1. The largest absolute Gasteiger partial charge is 0.381 e. The van der Waals surface area contributed by atoms with Gasteiger partial charge in [0.05, 0.1) is 12.5 Å². The second kappa shape index (κ2) is 9.40. The molecule has 4 nitrogen and oxygen atoms in total. The Bertz CT molecular complexity index is 509. The van der Waals surface area contributed by atoms with Gasteiger partial charge in [0.25, 0.3) is 0 Å². The summed E-state index contributed by atoms with van der Waals surface area (Å²) in [5, 5.41) is 3.05. The Morgan fingerprint density at radius 2 is 1.92 bits per heavy atom. The summed E-state index contributed by atoms with van der Waals surface area (Å²) in [6.45, 7) is 2.11. The van der Waals surface area contributed by atoms with Crippen molar-refractivity contribution in [3.8, 4) is 0 Å². The molecule has 0 aromatic heterocycles. The topological polar surface area (TPSA) is 64.4 Å². The van der Waals surface area contributed by atoms with E-state index in [1.807, 2.05) is 18.2 Å². The van der Waals surface area contributed by atoms with Crippen LogP contribution in [0, 0.1) is 17.8 Å². The van der Waals surface area contributed by atoms with Crippen LogP contribution in [-0.4, -0.2) is 31.7 Å². The number of fused-ring (bicyclic) bond motifs is 2. The summed E-state index contributed by atoms with van der Waals surface area (Å²) in [6, 6.07) is 10.4. The average Bonchev–Trinajstić information content (AvgIpc) is 3.16. The second-order valence-corrected chi connectivity index (χ2v) is 6.93. The van der Waals surface area contributed by atoms with Gasteiger partial charge in [-0.1, -0.05) is 30.3 Å². The zero-order valence-electron chi connectivity index (χ0n) is 14.2. The van der Waals surface area contributed by atoms with E-state index in [1.54, 1.807) is 0 Å². The Labute approximate surface area is 150 Å². The fraction of sp³-hybridized carbons (Fsp3) is 0.632. The predicted molar refractivity (Wildman–Crippen MR) is 98.1 cm³/mol. The van der Waals surface area contributed by atoms with Crippen molar-refractivity contribution in [1.82, 2.24) is 5.32 Å². The van der Waals surface area contributed by atoms with Crippen LogP contribution in [0.1, 0.15) is 31.2 Å². The lowest BCUT2D eigenvalue weighted by Gasteiger charge is -2.27. The van der Waals surface area contributed by atoms with Crippen molar-refractivity contribution in [2.45, 2.75) is 38.1 Å². The third-order valence-corrected chi connectivity index (χ3v) is 5.43. The molecule has 2 bridgehead atoms. The van der Waals surface area contributed by atoms with Crippen LogP contribution in [0.25, 0.3) is 0 Å². The molecule has 3 rings (SSSR count). The Morgan fingerprint density at radius 1 is 1.17 bits per heavy atom. The molecular formula is C19H29ClN2O2. The first-order valence-corrected chi connectivity index (χ1v) is 8.90. The van der Waals surface area contributed by atoms with E-state index in [9.17, 15) is 4.79 Å². The van der Waals surface area contributed by atoms with Crippen LogP contribution in [0.5, 0.6) is 0 Å². The van der Waals surface area contributed by atoms with Crippen molar-refractivity contribution in [3.05, 3.63) is 35.9 Å². The van der Waals surface area contributed by atoms with Gasteiger partial charge < -0.3 is 15.8 Å². The van der Waals surface area contributed by atoms with Gasteiger partial charge in [0, 0.05) is 19.2 Å². The summed E-state index contributed by atoms with van der Waals surface area (Å²) < 4.78 is 5.64. The van der Waals surface area contributed by atoms with Crippen molar-refractivity contribution in [3.63, 3.8) is 0 Å². The molecule has 4 atom stereocenters. The van der Waals surface area contributed by atoms with Crippen LogP contribution in [0.3, 0.4) is 0 Å². The van der Waals surface area contributed by atoms with Crippen molar-refractivity contribution in [2.24, 2.45) is 23.5 Å². The molecule has 0 aliphatic heterocycles. The van der Waals surface area contributed by atoms with Crippen LogP contribution >= 0.6 is 12.4 Å². The smallest absolute Gasteiger partial charge is 0.224 e. The van der Waals surface area contributed by atoms with Crippen molar-refractivity contribution in [1.29, 1.82) is 0 Å². The molecule has 0 spiro atoms. The number of ether oxygens (including phenoxy) is 1. The van der Waals surface area contributed by atoms with Crippen molar-refractivity contribution in [2.75, 3.05) is 19.8 Å². The SMILES string of the molecule is Cl.NC1C2CCC(C2)C1C(=O)NCCCOCCc1ccccc1. The minimum atomic E-state index is 0. The Morgan fingerprint density at radius 3 is 2.62 bits per heavy atom. The Hall–Kier alpha value is -1.10. The van der Waals surface area contributed by atoms with E-state index in [4.69, 9.17) is 10.5 Å². The quantitative estimate of drug-likeness (QED) is 0.707. The lowest BCUT2D eigenvalue weighted by atomic mass is 9.84. The lowest BCUT2D eigenvalue weighted by molar-refractivity contribution is -0.127. The molecule has 0 heterocycles. The fourth-order valence-electron chi connectivity index (χ4n) is 4.17. The summed E-state index contributed by atoms with van der Waals surface area (Å²) in [5.41, 5.74) is 7.50. The third kappa shape index (κ3) is 4.71. The number of carbonyl (C=O) groups excluding carboxylic acids is 1. The molecule has 2 aliphatic carbocycles. The van der Waals surface area contributed by atoms with Gasteiger partial charge in [0.1, 0.15) is 0 Å². The molecule has 24 heavy (non-hydrogen) atoms. The fourth-order valence-corrected chi connectivity index (χ4v) is 4.17. The summed E-state index contributed by atoms with van der Waals surface area (Å²) >= 11 is 0. The standard InChI is InChI=1S/C19H28N2O2.ClH/c20-18-16-8-7-15(13-16)17(18)19(22)21-10-4-11-23-12-9-14-5-2-1-3-6-14;/h1-3,5-6,15-18H,4,7-13,20H2,(H,21,22);1H. The van der Waals surface area contributed by atoms with Crippen molar-refractivity contribution < 1.29 is 9.53 Å². The zero-order chi connectivity index (χ0) is 16.1. The number of carbonyl (C=O) groups is 1. The predicted octanol–water partition coefficient (Wildman–Crippen LogP) is 2.55. The number of hydrogen-bond acceptors (Lipinski definition) is 3. The van der Waals surface area contributed by atoms with Crippen LogP contribution in [0.4, 0.5) is 0 Å². The van der Waals surface area contributed by atoms with E-state index in [0.717, 1.165) is 25.9 Å². The van der Waals surface area contributed by atoms with Crippen molar-refractivity contribution >= 4 is 18.3 Å². The van der Waals surface area contributed by atoms with E-state index in [0.29, 0.717) is 25.0 Å². The minimum absolute atomic E-state index is 0. The van der Waals surface area contributed by atoms with E-state index in [-0.39, 0.29) is 30.3 Å². The highest BCUT2D eigenvalue weighted by atomic mass is 35.5. The van der Waals surface area contributed by atoms with E-state index in [1.165, 1.54) is 18.4 Å². The van der Waals surface area contributed by atoms with Crippen LogP contribution in [0.15, 0.2) is 30.3 Å². The number of amides is 1. The van der Waals surface area contributed by atoms with Gasteiger partial charge in [0.15, 0.2) is 0 Å². The summed E-state index contributed by atoms with van der Waals surface area (Å²) in [7, 11) is 0. The summed E-state index contributed by atoms with van der Waals surface area (Å²) in [4.78, 5) is 12.3. The minimum Gasteiger partial charge on any atom is -0.381 e. The van der Waals surface area contributed by atoms with E-state index >= 15 is 0 Å². The van der Waals surface area contributed by atoms with Crippen LogP contribution in [0.2, 0.25) is 0 Å². The van der Waals surface area contributed by atoms with Gasteiger partial charge in [-0.05, 0) is 49.5 Å². The van der Waals surface area contributed by atoms with Gasteiger partial charge >= 0.3 is 0 Å². The molecule has 1 amide bonds. The first-order chi connectivity index (χ1) is 11.3. The molecule has 3 N–H and O–H groups in total. The molecule has 2 aliphatic rings. The molecule has 2 fully saturated rings. The number of rotatable bonds is 8. The average molecular weight is 353 g/mol. The molecular weight excluding hydrogens is 324 g/mol. The molecule has 1 aromatic rings. The number of benzene rings is 1. The number of nitrogens with one attached hydrogen (secondary N) is 1. The maximum absolute atomic E-state index is 12.3. The molecule has 0 radical (unpaired) electrons. The van der Waals surface area contributed by atoms with Gasteiger partial charge in [-0.3, -0.25) is 4.79 Å². The molecule has 4 unspecified atom stereocenters. The van der Waals surface area contributed by atoms with Crippen LogP contribution < -0.4 is 11.1 Å². The monoisotopic (exact) mass is 352 g/mol. The molecule has 2 saturated carbocycles. The Kier molecular flexibility index (Phi) is 7.53. The van der Waals surface area contributed by atoms with Gasteiger partial charge in [-0.25, -0.2) is 0 Å². The molecule has 5 heteroatoms. The third-order valence-electron chi connectivity index (χ3n) is 5.43. The van der Waals surface area contributed by atoms with E-state index < -0.39 is 0 Å². The summed E-state index contributed by atoms with van der Waals surface area (Å²) in [6.07, 6.45) is 5.34. The maximum Gasteiger partial charge on any atom is 0.224 e. The second-order valence-electron chi connectivity index (χ2n) is 6.93. The Balaban J connectivity index is 0.00000208. The van der Waals surface area contributed by atoms with E-state index in [2.05, 4.69) is 17.4 Å².